The van der Waals surface area contributed by atoms with E-state index in [-0.39, 0.29) is 35.1 Å². The highest BCUT2D eigenvalue weighted by molar-refractivity contribution is 6.01. The average molecular weight is 480 g/mol. The van der Waals surface area contributed by atoms with Crippen molar-refractivity contribution in [1.82, 2.24) is 35.0 Å². The molecule has 13 heteroatoms. The summed E-state index contributed by atoms with van der Waals surface area (Å²) in [5.41, 5.74) is 1.71. The predicted octanol–water partition coefficient (Wildman–Crippen LogP) is 2.14. The third kappa shape index (κ3) is 5.51. The van der Waals surface area contributed by atoms with Gasteiger partial charge in [-0.25, -0.2) is 24.7 Å². The molecule has 1 atom stereocenters. The van der Waals surface area contributed by atoms with Gasteiger partial charge in [0.25, 0.3) is 11.8 Å². The van der Waals surface area contributed by atoms with Gasteiger partial charge in [-0.3, -0.25) is 14.8 Å². The van der Waals surface area contributed by atoms with Crippen LogP contribution in [-0.4, -0.2) is 61.0 Å². The van der Waals surface area contributed by atoms with Crippen LogP contribution in [-0.2, 0) is 11.8 Å². The highest BCUT2D eigenvalue weighted by atomic mass is 16.6. The number of carbonyl (C=O) groups is 2. The molecule has 0 unspecified atom stereocenters. The van der Waals surface area contributed by atoms with Crippen LogP contribution < -0.4 is 20.7 Å². The summed E-state index contributed by atoms with van der Waals surface area (Å²) in [5, 5.41) is 12.5. The second-order valence-corrected chi connectivity index (χ2v) is 8.37. The first kappa shape index (κ1) is 22.7. The summed E-state index contributed by atoms with van der Waals surface area (Å²) in [5.74, 6) is 0.168. The van der Waals surface area contributed by atoms with Crippen LogP contribution in [0.15, 0.2) is 31.1 Å². The highest BCUT2D eigenvalue weighted by Crippen LogP contribution is 2.40. The van der Waals surface area contributed by atoms with Crippen molar-refractivity contribution < 1.29 is 19.1 Å². The standard InChI is InChI=1S/C22H25N9O4/c1-31-18(20(32)26-9-15-3-2-6-34-15)17(11-27-31)30-22(33)35-21-19(28-14-7-23-12-24-8-14)25-10-16(29-21)13-4-5-13/h7-8,10-13,15H,2-6,9H2,1H3,(H,25,28)(H,26,32)(H,30,33)/t15-/m0/s1. The summed E-state index contributed by atoms with van der Waals surface area (Å²) in [7, 11) is 1.62. The Kier molecular flexibility index (Phi) is 6.48. The van der Waals surface area contributed by atoms with E-state index in [4.69, 9.17) is 9.47 Å². The fraction of sp³-hybridized carbons (Fsp3) is 0.409. The van der Waals surface area contributed by atoms with E-state index >= 15 is 0 Å². The van der Waals surface area contributed by atoms with Gasteiger partial charge in [-0.1, -0.05) is 0 Å². The van der Waals surface area contributed by atoms with Crippen molar-refractivity contribution in [2.45, 2.75) is 37.7 Å². The lowest BCUT2D eigenvalue weighted by Crippen LogP contribution is -2.33. The Hall–Kier alpha value is -4.13. The smallest absolute Gasteiger partial charge is 0.387 e. The second-order valence-electron chi connectivity index (χ2n) is 8.37. The predicted molar refractivity (Wildman–Crippen MR) is 123 cm³/mol. The van der Waals surface area contributed by atoms with Gasteiger partial charge in [0.05, 0.1) is 48.0 Å². The molecule has 0 bridgehead atoms. The summed E-state index contributed by atoms with van der Waals surface area (Å²) >= 11 is 0. The van der Waals surface area contributed by atoms with Crippen LogP contribution in [0.5, 0.6) is 5.88 Å². The topological polar surface area (TPSA) is 158 Å². The van der Waals surface area contributed by atoms with Crippen molar-refractivity contribution >= 4 is 29.2 Å². The Balaban J connectivity index is 1.29. The van der Waals surface area contributed by atoms with Crippen LogP contribution in [0, 0.1) is 0 Å². The first-order valence-corrected chi connectivity index (χ1v) is 11.4. The van der Waals surface area contributed by atoms with E-state index in [1.54, 1.807) is 25.6 Å². The molecule has 2 aliphatic rings. The van der Waals surface area contributed by atoms with Crippen molar-refractivity contribution in [2.75, 3.05) is 23.8 Å². The Labute approximate surface area is 200 Å². The maximum absolute atomic E-state index is 12.8. The van der Waals surface area contributed by atoms with E-state index in [9.17, 15) is 9.59 Å². The lowest BCUT2D eigenvalue weighted by molar-refractivity contribution is 0.0851. The molecule has 0 aromatic carbocycles. The van der Waals surface area contributed by atoms with E-state index in [2.05, 4.69) is 41.0 Å². The molecule has 4 heterocycles. The van der Waals surface area contributed by atoms with Crippen LogP contribution in [0.2, 0.25) is 0 Å². The SMILES string of the molecule is Cn1ncc(NC(=O)Oc2nc(C3CC3)cnc2Nc2cncnc2)c1C(=O)NC[C@@H]1CCCO1. The Morgan fingerprint density at radius 2 is 2.00 bits per heavy atom. The number of hydrogen-bond donors (Lipinski definition) is 3. The molecule has 0 radical (unpaired) electrons. The Bertz CT molecular complexity index is 1210. The number of anilines is 3. The summed E-state index contributed by atoms with van der Waals surface area (Å²) in [6.45, 7) is 1.08. The molecule has 182 valence electrons. The minimum Gasteiger partial charge on any atom is -0.387 e. The van der Waals surface area contributed by atoms with Crippen molar-refractivity contribution in [2.24, 2.45) is 7.05 Å². The zero-order chi connectivity index (χ0) is 24.2. The van der Waals surface area contributed by atoms with E-state index < -0.39 is 6.09 Å². The van der Waals surface area contributed by atoms with E-state index in [0.29, 0.717) is 24.8 Å². The molecule has 35 heavy (non-hydrogen) atoms. The Morgan fingerprint density at radius 3 is 2.74 bits per heavy atom. The number of ether oxygens (including phenoxy) is 2. The fourth-order valence-electron chi connectivity index (χ4n) is 3.74. The summed E-state index contributed by atoms with van der Waals surface area (Å²) in [4.78, 5) is 42.3. The number of amides is 2. The minimum atomic E-state index is -0.833. The third-order valence-corrected chi connectivity index (χ3v) is 5.67. The first-order valence-electron chi connectivity index (χ1n) is 11.4. The molecule has 13 nitrogen and oxygen atoms in total. The molecule has 2 amide bonds. The maximum Gasteiger partial charge on any atom is 0.418 e. The molecule has 1 saturated heterocycles. The van der Waals surface area contributed by atoms with Gasteiger partial charge in [-0.15, -0.1) is 0 Å². The molecule has 0 spiro atoms. The lowest BCUT2D eigenvalue weighted by atomic mass is 10.2. The largest absolute Gasteiger partial charge is 0.418 e. The minimum absolute atomic E-state index is 0.00373. The van der Waals surface area contributed by atoms with Gasteiger partial charge in [0.2, 0.25) is 0 Å². The van der Waals surface area contributed by atoms with Crippen molar-refractivity contribution in [3.8, 4) is 5.88 Å². The van der Waals surface area contributed by atoms with Crippen LogP contribution in [0.1, 0.15) is 47.8 Å². The molecule has 3 aromatic rings. The number of aryl methyl sites for hydroxylation is 1. The van der Waals surface area contributed by atoms with Gasteiger partial charge in [0.15, 0.2) is 5.82 Å². The van der Waals surface area contributed by atoms with E-state index in [0.717, 1.165) is 31.4 Å². The van der Waals surface area contributed by atoms with Crippen LogP contribution in [0.25, 0.3) is 0 Å². The van der Waals surface area contributed by atoms with Crippen LogP contribution in [0.3, 0.4) is 0 Å². The summed E-state index contributed by atoms with van der Waals surface area (Å²) in [6.07, 6.45) is 10.6. The molecular formula is C22H25N9O4. The van der Waals surface area contributed by atoms with Gasteiger partial charge >= 0.3 is 6.09 Å². The molecule has 3 aromatic heterocycles. The normalized spacial score (nSPS) is 17.1. The van der Waals surface area contributed by atoms with Crippen molar-refractivity contribution in [3.63, 3.8) is 0 Å². The molecule has 1 aliphatic carbocycles. The highest BCUT2D eigenvalue weighted by Gasteiger charge is 2.28. The molecule has 1 aliphatic heterocycles. The van der Waals surface area contributed by atoms with Gasteiger partial charge in [-0.2, -0.15) is 5.10 Å². The monoisotopic (exact) mass is 479 g/mol. The van der Waals surface area contributed by atoms with E-state index in [1.165, 1.54) is 17.2 Å². The number of nitrogens with one attached hydrogen (secondary N) is 3. The molecule has 3 N–H and O–H groups in total. The first-order chi connectivity index (χ1) is 17.1. The van der Waals surface area contributed by atoms with Crippen LogP contribution in [0.4, 0.5) is 22.0 Å². The average Bonchev–Trinajstić information content (AvgIpc) is 3.45. The lowest BCUT2D eigenvalue weighted by Gasteiger charge is -2.13. The van der Waals surface area contributed by atoms with Gasteiger partial charge in [0.1, 0.15) is 12.0 Å². The molecule has 5 rings (SSSR count). The maximum atomic E-state index is 12.8. The van der Waals surface area contributed by atoms with Crippen molar-refractivity contribution in [3.05, 3.63) is 42.5 Å². The van der Waals surface area contributed by atoms with Gasteiger partial charge in [-0.05, 0) is 25.7 Å². The van der Waals surface area contributed by atoms with Gasteiger partial charge < -0.3 is 20.1 Å². The molecule has 2 fully saturated rings. The quantitative estimate of drug-likeness (QED) is 0.437. The zero-order valence-corrected chi connectivity index (χ0v) is 19.1. The molecule has 1 saturated carbocycles. The fourth-order valence-corrected chi connectivity index (χ4v) is 3.74. The van der Waals surface area contributed by atoms with Crippen molar-refractivity contribution in [1.29, 1.82) is 0 Å². The van der Waals surface area contributed by atoms with Crippen LogP contribution >= 0.6 is 0 Å². The number of hydrogen-bond acceptors (Lipinski definition) is 10. The summed E-state index contributed by atoms with van der Waals surface area (Å²) < 4.78 is 12.4. The second kappa shape index (κ2) is 10.0. The summed E-state index contributed by atoms with van der Waals surface area (Å²) in [6, 6.07) is 0. The number of aromatic nitrogens is 6. The Morgan fingerprint density at radius 1 is 1.17 bits per heavy atom. The third-order valence-electron chi connectivity index (χ3n) is 5.67. The number of carbonyl (C=O) groups excluding carboxylic acids is 2. The zero-order valence-electron chi connectivity index (χ0n) is 19.1. The number of nitrogens with zero attached hydrogens (tertiary/aromatic N) is 6. The molecular weight excluding hydrogens is 454 g/mol. The number of rotatable bonds is 8. The van der Waals surface area contributed by atoms with E-state index in [1.807, 2.05) is 0 Å². The van der Waals surface area contributed by atoms with Gasteiger partial charge in [0, 0.05) is 26.1 Å².